The summed E-state index contributed by atoms with van der Waals surface area (Å²) >= 11 is 11.5. The van der Waals surface area contributed by atoms with Crippen LogP contribution in [0.5, 0.6) is 11.5 Å². The van der Waals surface area contributed by atoms with E-state index in [1.165, 1.54) is 18.2 Å². The summed E-state index contributed by atoms with van der Waals surface area (Å²) in [5, 5.41) is 11.1. The molecule has 116 valence electrons. The van der Waals surface area contributed by atoms with Crippen molar-refractivity contribution >= 4 is 28.9 Å². The Hall–Kier alpha value is -1.99. The molecule has 2 aromatic rings. The quantitative estimate of drug-likeness (QED) is 0.525. The number of nitro benzene ring substituents is 1. The molecule has 0 spiro atoms. The lowest BCUT2D eigenvalue weighted by molar-refractivity contribution is -0.388. The molecule has 9 heteroatoms. The van der Waals surface area contributed by atoms with Crippen LogP contribution in [-0.2, 0) is 6.18 Å². The molecular formula is C13H6Cl2F3NO3. The molecular weight excluding hydrogens is 346 g/mol. The van der Waals surface area contributed by atoms with Crippen LogP contribution in [0.3, 0.4) is 0 Å². The first-order chi connectivity index (χ1) is 10.2. The topological polar surface area (TPSA) is 52.4 Å². The van der Waals surface area contributed by atoms with E-state index in [9.17, 15) is 23.3 Å². The average molecular weight is 352 g/mol. The second kappa shape index (κ2) is 6.02. The monoisotopic (exact) mass is 351 g/mol. The van der Waals surface area contributed by atoms with Crippen molar-refractivity contribution in [1.29, 1.82) is 0 Å². The molecule has 0 radical (unpaired) electrons. The van der Waals surface area contributed by atoms with Gasteiger partial charge in [-0.05, 0) is 30.3 Å². The number of halogens is 5. The molecule has 0 aromatic heterocycles. The fourth-order valence-corrected chi connectivity index (χ4v) is 2.10. The molecule has 0 aliphatic carbocycles. The Morgan fingerprint density at radius 2 is 1.77 bits per heavy atom. The van der Waals surface area contributed by atoms with Gasteiger partial charge in [0.2, 0.25) is 0 Å². The smallest absolute Gasteiger partial charge is 0.423 e. The Morgan fingerprint density at radius 3 is 2.32 bits per heavy atom. The van der Waals surface area contributed by atoms with Gasteiger partial charge in [-0.25, -0.2) is 0 Å². The van der Waals surface area contributed by atoms with Gasteiger partial charge in [-0.3, -0.25) is 10.1 Å². The molecule has 0 N–H and O–H groups in total. The predicted octanol–water partition coefficient (Wildman–Crippen LogP) is 5.71. The van der Waals surface area contributed by atoms with Gasteiger partial charge in [0.1, 0.15) is 17.1 Å². The molecule has 0 atom stereocenters. The van der Waals surface area contributed by atoms with Crippen LogP contribution in [-0.4, -0.2) is 4.92 Å². The van der Waals surface area contributed by atoms with Crippen molar-refractivity contribution in [2.24, 2.45) is 0 Å². The fourth-order valence-electron chi connectivity index (χ4n) is 1.65. The van der Waals surface area contributed by atoms with Crippen LogP contribution >= 0.6 is 23.2 Å². The summed E-state index contributed by atoms with van der Waals surface area (Å²) < 4.78 is 43.8. The normalized spacial score (nSPS) is 11.3. The molecule has 0 heterocycles. The predicted molar refractivity (Wildman–Crippen MR) is 74.6 cm³/mol. The number of nitrogens with zero attached hydrogens (tertiary/aromatic N) is 1. The van der Waals surface area contributed by atoms with Gasteiger partial charge in [-0.1, -0.05) is 23.2 Å². The number of alkyl halides is 3. The number of hydrogen-bond donors (Lipinski definition) is 0. The lowest BCUT2D eigenvalue weighted by atomic mass is 10.1. The molecule has 0 saturated heterocycles. The van der Waals surface area contributed by atoms with E-state index in [0.29, 0.717) is 11.1 Å². The maximum absolute atomic E-state index is 12.9. The average Bonchev–Trinajstić information content (AvgIpc) is 2.40. The van der Waals surface area contributed by atoms with Crippen molar-refractivity contribution in [2.75, 3.05) is 0 Å². The standard InChI is InChI=1S/C13H6Cl2F3NO3/c14-7-1-4-12(10(15)5-7)22-8-2-3-11(19(20)21)9(6-8)13(16,17)18/h1-6H. The number of hydrogen-bond acceptors (Lipinski definition) is 3. The number of nitro groups is 1. The van der Waals surface area contributed by atoms with E-state index in [2.05, 4.69) is 0 Å². The van der Waals surface area contributed by atoms with Crippen LogP contribution in [0, 0.1) is 10.1 Å². The molecule has 0 saturated carbocycles. The molecule has 2 rings (SSSR count). The molecule has 4 nitrogen and oxygen atoms in total. The van der Waals surface area contributed by atoms with Crippen LogP contribution in [0.25, 0.3) is 0 Å². The zero-order valence-electron chi connectivity index (χ0n) is 10.5. The summed E-state index contributed by atoms with van der Waals surface area (Å²) in [6.07, 6.45) is -4.88. The third-order valence-electron chi connectivity index (χ3n) is 2.59. The highest BCUT2D eigenvalue weighted by molar-refractivity contribution is 6.35. The third kappa shape index (κ3) is 3.61. The first kappa shape index (κ1) is 16.4. The first-order valence-electron chi connectivity index (χ1n) is 5.67. The highest BCUT2D eigenvalue weighted by Gasteiger charge is 2.38. The highest BCUT2D eigenvalue weighted by atomic mass is 35.5. The number of benzene rings is 2. The SMILES string of the molecule is O=[N+]([O-])c1ccc(Oc2ccc(Cl)cc2Cl)cc1C(F)(F)F. The minimum Gasteiger partial charge on any atom is -0.456 e. The van der Waals surface area contributed by atoms with E-state index in [-0.39, 0.29) is 16.5 Å². The summed E-state index contributed by atoms with van der Waals surface area (Å²) in [6, 6.07) is 6.50. The van der Waals surface area contributed by atoms with E-state index >= 15 is 0 Å². The van der Waals surface area contributed by atoms with Crippen molar-refractivity contribution in [3.8, 4) is 11.5 Å². The lowest BCUT2D eigenvalue weighted by Gasteiger charge is -2.11. The van der Waals surface area contributed by atoms with Crippen molar-refractivity contribution in [2.45, 2.75) is 6.18 Å². The van der Waals surface area contributed by atoms with E-state index in [4.69, 9.17) is 27.9 Å². The Kier molecular flexibility index (Phi) is 4.48. The Balaban J connectivity index is 2.43. The second-order valence-corrected chi connectivity index (χ2v) is 4.95. The Morgan fingerprint density at radius 1 is 1.09 bits per heavy atom. The largest absolute Gasteiger partial charge is 0.456 e. The van der Waals surface area contributed by atoms with Crippen LogP contribution in [0.2, 0.25) is 10.0 Å². The van der Waals surface area contributed by atoms with Crippen LogP contribution < -0.4 is 4.74 Å². The maximum Gasteiger partial charge on any atom is 0.423 e. The zero-order valence-corrected chi connectivity index (χ0v) is 12.0. The third-order valence-corrected chi connectivity index (χ3v) is 3.12. The first-order valence-corrected chi connectivity index (χ1v) is 6.42. The van der Waals surface area contributed by atoms with Crippen LogP contribution in [0.1, 0.15) is 5.56 Å². The highest BCUT2D eigenvalue weighted by Crippen LogP contribution is 2.40. The minimum atomic E-state index is -4.88. The van der Waals surface area contributed by atoms with Gasteiger partial charge in [0.25, 0.3) is 5.69 Å². The summed E-state index contributed by atoms with van der Waals surface area (Å²) in [4.78, 5) is 9.55. The van der Waals surface area contributed by atoms with Gasteiger partial charge in [-0.2, -0.15) is 13.2 Å². The fraction of sp³-hybridized carbons (Fsp3) is 0.0769. The Labute approximate surface area is 132 Å². The van der Waals surface area contributed by atoms with Crippen molar-refractivity contribution in [3.63, 3.8) is 0 Å². The molecule has 2 aromatic carbocycles. The van der Waals surface area contributed by atoms with Gasteiger partial charge in [0, 0.05) is 11.1 Å². The number of rotatable bonds is 3. The summed E-state index contributed by atoms with van der Waals surface area (Å²) in [7, 11) is 0. The lowest BCUT2D eigenvalue weighted by Crippen LogP contribution is -2.09. The zero-order chi connectivity index (χ0) is 16.5. The molecule has 0 unspecified atom stereocenters. The van der Waals surface area contributed by atoms with E-state index in [0.717, 1.165) is 12.1 Å². The van der Waals surface area contributed by atoms with Gasteiger partial charge in [0.05, 0.1) is 9.95 Å². The van der Waals surface area contributed by atoms with Crippen molar-refractivity contribution in [3.05, 3.63) is 62.1 Å². The van der Waals surface area contributed by atoms with Crippen LogP contribution in [0.4, 0.5) is 18.9 Å². The molecule has 22 heavy (non-hydrogen) atoms. The number of ether oxygens (including phenoxy) is 1. The van der Waals surface area contributed by atoms with Gasteiger partial charge < -0.3 is 4.74 Å². The molecule has 0 aliphatic heterocycles. The van der Waals surface area contributed by atoms with Gasteiger partial charge >= 0.3 is 6.18 Å². The van der Waals surface area contributed by atoms with E-state index in [1.807, 2.05) is 0 Å². The molecule has 0 bridgehead atoms. The minimum absolute atomic E-state index is 0.0769. The summed E-state index contributed by atoms with van der Waals surface area (Å²) in [6.45, 7) is 0. The molecule has 0 fully saturated rings. The van der Waals surface area contributed by atoms with Crippen molar-refractivity contribution in [1.82, 2.24) is 0 Å². The van der Waals surface area contributed by atoms with Gasteiger partial charge in [-0.15, -0.1) is 0 Å². The van der Waals surface area contributed by atoms with Crippen molar-refractivity contribution < 1.29 is 22.8 Å². The van der Waals surface area contributed by atoms with E-state index < -0.39 is 22.4 Å². The molecule has 0 amide bonds. The summed E-state index contributed by atoms with van der Waals surface area (Å²) in [5.74, 6) is -0.157. The van der Waals surface area contributed by atoms with Gasteiger partial charge in [0.15, 0.2) is 0 Å². The maximum atomic E-state index is 12.9. The second-order valence-electron chi connectivity index (χ2n) is 4.11. The van der Waals surface area contributed by atoms with E-state index in [1.54, 1.807) is 0 Å². The Bertz CT molecular complexity index is 735. The summed E-state index contributed by atoms with van der Waals surface area (Å²) in [5.41, 5.74) is -2.46. The molecule has 0 aliphatic rings. The van der Waals surface area contributed by atoms with Crippen LogP contribution in [0.15, 0.2) is 36.4 Å².